The normalized spacial score (nSPS) is 12.1. The van der Waals surface area contributed by atoms with E-state index in [4.69, 9.17) is 10.00 Å². The molecule has 0 fully saturated rings. The van der Waals surface area contributed by atoms with Crippen molar-refractivity contribution in [3.63, 3.8) is 0 Å². The van der Waals surface area contributed by atoms with Gasteiger partial charge in [0.25, 0.3) is 6.04 Å². The summed E-state index contributed by atoms with van der Waals surface area (Å²) in [5.41, 5.74) is 2.63. The van der Waals surface area contributed by atoms with Gasteiger partial charge in [-0.1, -0.05) is 12.1 Å². The van der Waals surface area contributed by atoms with Crippen LogP contribution in [0.3, 0.4) is 0 Å². The number of hydrogen-bond donors (Lipinski definition) is 0. The lowest BCUT2D eigenvalue weighted by molar-refractivity contribution is -0.143. The average Bonchev–Trinajstić information content (AvgIpc) is 2.34. The second kappa shape index (κ2) is 6.50. The number of aryl methyl sites for hydroxylation is 2. The number of benzene rings is 1. The summed E-state index contributed by atoms with van der Waals surface area (Å²) in [5, 5.41) is 16.5. The minimum Gasteiger partial charge on any atom is -0.464 e. The zero-order chi connectivity index (χ0) is 13.5. The van der Waals surface area contributed by atoms with Crippen LogP contribution < -0.4 is 0 Å². The van der Waals surface area contributed by atoms with Gasteiger partial charge in [-0.05, 0) is 38.0 Å². The Morgan fingerprint density at radius 1 is 1.50 bits per heavy atom. The fourth-order valence-electron chi connectivity index (χ4n) is 1.29. The monoisotopic (exact) mass is 245 g/mol. The number of nitriles is 1. The summed E-state index contributed by atoms with van der Waals surface area (Å²) >= 11 is 0. The molecule has 0 saturated heterocycles. The molecule has 0 aliphatic heterocycles. The fourth-order valence-corrected chi connectivity index (χ4v) is 1.29. The molecule has 0 aliphatic rings. The number of azo groups is 1. The van der Waals surface area contributed by atoms with E-state index in [0.717, 1.165) is 11.1 Å². The van der Waals surface area contributed by atoms with Crippen molar-refractivity contribution in [1.29, 1.82) is 5.26 Å². The number of rotatable bonds is 4. The van der Waals surface area contributed by atoms with Crippen LogP contribution in [0, 0.1) is 25.2 Å². The third-order valence-corrected chi connectivity index (χ3v) is 2.28. The summed E-state index contributed by atoms with van der Waals surface area (Å²) in [4.78, 5) is 11.3. The van der Waals surface area contributed by atoms with Crippen LogP contribution in [0.4, 0.5) is 5.69 Å². The SMILES string of the molecule is CCOC(=O)[C@@H](C#N)N=Nc1cc(C)ccc1C. The van der Waals surface area contributed by atoms with Crippen molar-refractivity contribution < 1.29 is 9.53 Å². The third-order valence-electron chi connectivity index (χ3n) is 2.28. The Hall–Kier alpha value is -2.22. The van der Waals surface area contributed by atoms with Gasteiger partial charge in [0.05, 0.1) is 12.3 Å². The fraction of sp³-hybridized carbons (Fsp3) is 0.385. The van der Waals surface area contributed by atoms with E-state index in [1.54, 1.807) is 13.0 Å². The van der Waals surface area contributed by atoms with Gasteiger partial charge >= 0.3 is 5.97 Å². The Morgan fingerprint density at radius 3 is 2.83 bits per heavy atom. The molecule has 0 spiro atoms. The third kappa shape index (κ3) is 3.67. The summed E-state index contributed by atoms with van der Waals surface area (Å²) in [6, 6.07) is 6.27. The largest absolute Gasteiger partial charge is 0.464 e. The van der Waals surface area contributed by atoms with E-state index in [0.29, 0.717) is 5.69 Å². The van der Waals surface area contributed by atoms with E-state index in [9.17, 15) is 4.79 Å². The molecule has 0 saturated carbocycles. The van der Waals surface area contributed by atoms with Crippen molar-refractivity contribution in [2.45, 2.75) is 26.8 Å². The van der Waals surface area contributed by atoms with Crippen molar-refractivity contribution in [3.05, 3.63) is 29.3 Å². The molecular formula is C13H15N3O2. The number of esters is 1. The number of ether oxygens (including phenoxy) is 1. The van der Waals surface area contributed by atoms with Gasteiger partial charge in [0, 0.05) is 0 Å². The van der Waals surface area contributed by atoms with Crippen LogP contribution in [-0.2, 0) is 9.53 Å². The molecule has 5 nitrogen and oxygen atoms in total. The van der Waals surface area contributed by atoms with Gasteiger partial charge in [-0.2, -0.15) is 15.5 Å². The minimum absolute atomic E-state index is 0.218. The van der Waals surface area contributed by atoms with Crippen LogP contribution in [0.2, 0.25) is 0 Å². The van der Waals surface area contributed by atoms with Gasteiger partial charge in [0.1, 0.15) is 6.07 Å². The average molecular weight is 245 g/mol. The summed E-state index contributed by atoms with van der Waals surface area (Å²) in [6.45, 7) is 5.72. The van der Waals surface area contributed by atoms with Gasteiger partial charge in [0.15, 0.2) is 0 Å². The molecule has 0 aromatic heterocycles. The maximum absolute atomic E-state index is 11.3. The highest BCUT2D eigenvalue weighted by Gasteiger charge is 2.18. The first kappa shape index (κ1) is 13.8. The first-order valence-electron chi connectivity index (χ1n) is 5.62. The van der Waals surface area contributed by atoms with Crippen LogP contribution >= 0.6 is 0 Å². The molecule has 0 bridgehead atoms. The van der Waals surface area contributed by atoms with Crippen LogP contribution in [-0.4, -0.2) is 18.6 Å². The zero-order valence-electron chi connectivity index (χ0n) is 10.7. The second-order valence-corrected chi connectivity index (χ2v) is 3.79. The van der Waals surface area contributed by atoms with Crippen LogP contribution in [0.5, 0.6) is 0 Å². The summed E-state index contributed by atoms with van der Waals surface area (Å²) in [5.74, 6) is -0.672. The zero-order valence-corrected chi connectivity index (χ0v) is 10.7. The van der Waals surface area contributed by atoms with Gasteiger partial charge in [-0.15, -0.1) is 0 Å². The molecule has 0 heterocycles. The van der Waals surface area contributed by atoms with Gasteiger partial charge in [-0.25, -0.2) is 4.79 Å². The lowest BCUT2D eigenvalue weighted by Gasteiger charge is -2.03. The molecule has 0 radical (unpaired) electrons. The van der Waals surface area contributed by atoms with Crippen molar-refractivity contribution >= 4 is 11.7 Å². The van der Waals surface area contributed by atoms with Gasteiger partial charge in [0.2, 0.25) is 0 Å². The molecule has 1 rings (SSSR count). The Labute approximate surface area is 106 Å². The highest BCUT2D eigenvalue weighted by molar-refractivity contribution is 5.79. The Kier molecular flexibility index (Phi) is 5.00. The van der Waals surface area contributed by atoms with Crippen molar-refractivity contribution in [3.8, 4) is 6.07 Å². The first-order chi connectivity index (χ1) is 8.58. The Bertz CT molecular complexity index is 503. The molecule has 94 valence electrons. The smallest absolute Gasteiger partial charge is 0.347 e. The molecule has 1 atom stereocenters. The number of carbonyl (C=O) groups is 1. The predicted octanol–water partition coefficient (Wildman–Crippen LogP) is 2.84. The maximum Gasteiger partial charge on any atom is 0.347 e. The Morgan fingerprint density at radius 2 is 2.22 bits per heavy atom. The van der Waals surface area contributed by atoms with Gasteiger partial charge in [-0.3, -0.25) is 0 Å². The van der Waals surface area contributed by atoms with Crippen LogP contribution in [0.15, 0.2) is 28.4 Å². The molecule has 0 aliphatic carbocycles. The number of carbonyl (C=O) groups excluding carboxylic acids is 1. The second-order valence-electron chi connectivity index (χ2n) is 3.79. The standard InChI is InChI=1S/C13H15N3O2/c1-4-18-13(17)12(8-14)16-15-11-7-9(2)5-6-10(11)3/h5-7,12H,4H2,1-3H3/t12-/m1/s1. The molecule has 0 unspecified atom stereocenters. The predicted molar refractivity (Wildman–Crippen MR) is 66.5 cm³/mol. The molecule has 0 amide bonds. The van der Waals surface area contributed by atoms with Crippen molar-refractivity contribution in [2.75, 3.05) is 6.61 Å². The highest BCUT2D eigenvalue weighted by Crippen LogP contribution is 2.20. The van der Waals surface area contributed by atoms with E-state index in [1.165, 1.54) is 0 Å². The van der Waals surface area contributed by atoms with Gasteiger partial charge < -0.3 is 4.74 Å². The molecule has 1 aromatic rings. The molecule has 1 aromatic carbocycles. The molecular weight excluding hydrogens is 230 g/mol. The summed E-state index contributed by atoms with van der Waals surface area (Å²) in [7, 11) is 0. The van der Waals surface area contributed by atoms with E-state index in [-0.39, 0.29) is 6.61 Å². The van der Waals surface area contributed by atoms with Crippen LogP contribution in [0.25, 0.3) is 0 Å². The van der Waals surface area contributed by atoms with E-state index >= 15 is 0 Å². The van der Waals surface area contributed by atoms with Crippen molar-refractivity contribution in [2.24, 2.45) is 10.2 Å². The first-order valence-corrected chi connectivity index (χ1v) is 5.62. The lowest BCUT2D eigenvalue weighted by atomic mass is 10.1. The molecule has 18 heavy (non-hydrogen) atoms. The van der Waals surface area contributed by atoms with E-state index < -0.39 is 12.0 Å². The topological polar surface area (TPSA) is 74.8 Å². The number of hydrogen-bond acceptors (Lipinski definition) is 5. The summed E-state index contributed by atoms with van der Waals surface area (Å²) in [6.07, 6.45) is 0. The maximum atomic E-state index is 11.3. The highest BCUT2D eigenvalue weighted by atomic mass is 16.5. The van der Waals surface area contributed by atoms with Crippen LogP contribution in [0.1, 0.15) is 18.1 Å². The summed E-state index contributed by atoms with van der Waals surface area (Å²) < 4.78 is 4.72. The minimum atomic E-state index is -1.20. The lowest BCUT2D eigenvalue weighted by Crippen LogP contribution is -2.19. The number of nitrogens with zero attached hydrogens (tertiary/aromatic N) is 3. The van der Waals surface area contributed by atoms with Crippen molar-refractivity contribution in [1.82, 2.24) is 0 Å². The Balaban J connectivity index is 2.88. The quantitative estimate of drug-likeness (QED) is 0.604. The van der Waals surface area contributed by atoms with E-state index in [1.807, 2.05) is 32.0 Å². The molecule has 0 N–H and O–H groups in total. The molecule has 5 heteroatoms. The van der Waals surface area contributed by atoms with E-state index in [2.05, 4.69) is 10.2 Å².